The SMILES string of the molecule is C[Si](O)(c1ccccc1)c1ccccc1. The Kier molecular flexibility index (Phi) is 2.71. The van der Waals surface area contributed by atoms with Crippen molar-refractivity contribution >= 4 is 18.7 Å². The number of hydrogen-bond donors (Lipinski definition) is 1. The second-order valence-electron chi connectivity index (χ2n) is 3.80. The Morgan fingerprint density at radius 1 is 0.733 bits per heavy atom. The molecule has 0 bridgehead atoms. The summed E-state index contributed by atoms with van der Waals surface area (Å²) in [6, 6.07) is 19.8. The molecule has 1 nitrogen and oxygen atoms in total. The van der Waals surface area contributed by atoms with Crippen LogP contribution >= 0.6 is 0 Å². The second kappa shape index (κ2) is 4.01. The van der Waals surface area contributed by atoms with E-state index in [1.54, 1.807) is 0 Å². The maximum Gasteiger partial charge on any atom is 0.249 e. The van der Waals surface area contributed by atoms with Crippen LogP contribution in [0.4, 0.5) is 0 Å². The van der Waals surface area contributed by atoms with Gasteiger partial charge in [0.05, 0.1) is 0 Å². The molecule has 2 aromatic rings. The molecule has 76 valence electrons. The average Bonchev–Trinajstić information content (AvgIpc) is 2.31. The van der Waals surface area contributed by atoms with Gasteiger partial charge in [-0.1, -0.05) is 60.7 Å². The van der Waals surface area contributed by atoms with Crippen LogP contribution < -0.4 is 10.4 Å². The largest absolute Gasteiger partial charge is 0.424 e. The first-order valence-electron chi connectivity index (χ1n) is 5.04. The molecule has 0 spiro atoms. The quantitative estimate of drug-likeness (QED) is 0.749. The van der Waals surface area contributed by atoms with Gasteiger partial charge < -0.3 is 4.80 Å². The fourth-order valence-electron chi connectivity index (χ4n) is 1.69. The Bertz CT molecular complexity index is 381. The highest BCUT2D eigenvalue weighted by molar-refractivity contribution is 6.95. The summed E-state index contributed by atoms with van der Waals surface area (Å²) in [5.41, 5.74) is 0. The highest BCUT2D eigenvalue weighted by Gasteiger charge is 2.28. The van der Waals surface area contributed by atoms with Gasteiger partial charge in [-0.3, -0.25) is 0 Å². The van der Waals surface area contributed by atoms with Crippen LogP contribution in [0.3, 0.4) is 0 Å². The van der Waals surface area contributed by atoms with Gasteiger partial charge in [0.2, 0.25) is 8.32 Å². The van der Waals surface area contributed by atoms with Crippen molar-refractivity contribution in [3.05, 3.63) is 60.7 Å². The summed E-state index contributed by atoms with van der Waals surface area (Å²) < 4.78 is 0. The lowest BCUT2D eigenvalue weighted by molar-refractivity contribution is 0.576. The molecule has 0 fully saturated rings. The van der Waals surface area contributed by atoms with Crippen LogP contribution in [-0.2, 0) is 0 Å². The van der Waals surface area contributed by atoms with Gasteiger partial charge in [-0.25, -0.2) is 0 Å². The van der Waals surface area contributed by atoms with E-state index >= 15 is 0 Å². The van der Waals surface area contributed by atoms with E-state index in [9.17, 15) is 4.80 Å². The second-order valence-corrected chi connectivity index (χ2v) is 7.10. The van der Waals surface area contributed by atoms with Crippen LogP contribution in [0.5, 0.6) is 0 Å². The molecule has 2 rings (SSSR count). The lowest BCUT2D eigenvalue weighted by Gasteiger charge is -2.20. The molecule has 0 amide bonds. The third-order valence-electron chi connectivity index (χ3n) is 2.67. The van der Waals surface area contributed by atoms with Gasteiger partial charge >= 0.3 is 0 Å². The predicted octanol–water partition coefficient (Wildman–Crippen LogP) is 1.37. The monoisotopic (exact) mass is 214 g/mol. The van der Waals surface area contributed by atoms with E-state index < -0.39 is 8.32 Å². The van der Waals surface area contributed by atoms with E-state index in [-0.39, 0.29) is 0 Å². The number of benzene rings is 2. The van der Waals surface area contributed by atoms with Crippen molar-refractivity contribution in [3.63, 3.8) is 0 Å². The average molecular weight is 214 g/mol. The predicted molar refractivity (Wildman–Crippen MR) is 66.0 cm³/mol. The molecule has 0 aliphatic heterocycles. The zero-order valence-electron chi connectivity index (χ0n) is 8.72. The minimum Gasteiger partial charge on any atom is -0.424 e. The van der Waals surface area contributed by atoms with E-state index in [2.05, 4.69) is 0 Å². The third-order valence-corrected chi connectivity index (χ3v) is 5.59. The summed E-state index contributed by atoms with van der Waals surface area (Å²) in [6.07, 6.45) is 0. The normalized spacial score (nSPS) is 11.3. The molecule has 0 aliphatic rings. The number of hydrogen-bond acceptors (Lipinski definition) is 1. The van der Waals surface area contributed by atoms with Crippen LogP contribution in [0.2, 0.25) is 6.55 Å². The fraction of sp³-hybridized carbons (Fsp3) is 0.0769. The lowest BCUT2D eigenvalue weighted by atomic mass is 10.4. The molecule has 2 heteroatoms. The summed E-state index contributed by atoms with van der Waals surface area (Å²) in [7, 11) is -2.46. The molecule has 15 heavy (non-hydrogen) atoms. The van der Waals surface area contributed by atoms with Gasteiger partial charge in [0.1, 0.15) is 0 Å². The zero-order chi connectivity index (χ0) is 10.7. The Hall–Kier alpha value is -1.38. The van der Waals surface area contributed by atoms with Crippen molar-refractivity contribution in [3.8, 4) is 0 Å². The van der Waals surface area contributed by atoms with Gasteiger partial charge in [0.15, 0.2) is 0 Å². The first-order valence-corrected chi connectivity index (χ1v) is 7.49. The molecule has 0 unspecified atom stereocenters. The molecule has 0 heterocycles. The topological polar surface area (TPSA) is 20.2 Å². The van der Waals surface area contributed by atoms with Crippen molar-refractivity contribution in [2.45, 2.75) is 6.55 Å². The van der Waals surface area contributed by atoms with Crippen molar-refractivity contribution in [2.75, 3.05) is 0 Å². The van der Waals surface area contributed by atoms with E-state index in [0.717, 1.165) is 10.4 Å². The standard InChI is InChI=1S/C13H14OSi/c1-15(14,12-8-4-2-5-9-12)13-10-6-3-7-11-13/h2-11,14H,1H3. The van der Waals surface area contributed by atoms with E-state index in [1.165, 1.54) is 0 Å². The highest BCUT2D eigenvalue weighted by atomic mass is 28.4. The highest BCUT2D eigenvalue weighted by Crippen LogP contribution is 2.00. The van der Waals surface area contributed by atoms with E-state index in [1.807, 2.05) is 67.2 Å². The summed E-state index contributed by atoms with van der Waals surface area (Å²) in [6.45, 7) is 1.96. The molecule has 0 aliphatic carbocycles. The first kappa shape index (κ1) is 10.1. The minimum absolute atomic E-state index is 1.05. The molecule has 0 atom stereocenters. The Morgan fingerprint density at radius 2 is 1.07 bits per heavy atom. The third kappa shape index (κ3) is 2.01. The smallest absolute Gasteiger partial charge is 0.249 e. The van der Waals surface area contributed by atoms with E-state index in [0.29, 0.717) is 0 Å². The maximum atomic E-state index is 10.6. The number of rotatable bonds is 2. The van der Waals surface area contributed by atoms with Crippen molar-refractivity contribution in [1.82, 2.24) is 0 Å². The summed E-state index contributed by atoms with van der Waals surface area (Å²) in [5.74, 6) is 0. The van der Waals surface area contributed by atoms with Gasteiger partial charge in [0.25, 0.3) is 0 Å². The van der Waals surface area contributed by atoms with Gasteiger partial charge in [-0.05, 0) is 16.9 Å². The minimum atomic E-state index is -2.46. The molecule has 0 radical (unpaired) electrons. The summed E-state index contributed by atoms with van der Waals surface area (Å²) in [5, 5.41) is 2.10. The maximum absolute atomic E-state index is 10.6. The molecular formula is C13H14OSi. The summed E-state index contributed by atoms with van der Waals surface area (Å²) >= 11 is 0. The fourth-order valence-corrected chi connectivity index (χ4v) is 3.71. The molecule has 0 aromatic heterocycles. The first-order chi connectivity index (χ1) is 7.21. The summed E-state index contributed by atoms with van der Waals surface area (Å²) in [4.78, 5) is 10.6. The Balaban J connectivity index is 2.44. The molecular weight excluding hydrogens is 200 g/mol. The van der Waals surface area contributed by atoms with Crippen LogP contribution in [0.15, 0.2) is 60.7 Å². The van der Waals surface area contributed by atoms with Gasteiger partial charge in [-0.15, -0.1) is 0 Å². The molecule has 2 aromatic carbocycles. The van der Waals surface area contributed by atoms with Crippen LogP contribution in [-0.4, -0.2) is 13.1 Å². The van der Waals surface area contributed by atoms with E-state index in [4.69, 9.17) is 0 Å². The molecule has 1 N–H and O–H groups in total. The molecule has 0 saturated heterocycles. The Morgan fingerprint density at radius 3 is 1.40 bits per heavy atom. The van der Waals surface area contributed by atoms with Crippen LogP contribution in [0.1, 0.15) is 0 Å². The molecule has 0 saturated carbocycles. The van der Waals surface area contributed by atoms with Crippen molar-refractivity contribution < 1.29 is 4.80 Å². The Labute approximate surface area is 91.2 Å². The van der Waals surface area contributed by atoms with Crippen LogP contribution in [0, 0.1) is 0 Å². The van der Waals surface area contributed by atoms with Gasteiger partial charge in [-0.2, -0.15) is 0 Å². The van der Waals surface area contributed by atoms with Crippen molar-refractivity contribution in [2.24, 2.45) is 0 Å². The lowest BCUT2D eigenvalue weighted by Crippen LogP contribution is -2.55. The van der Waals surface area contributed by atoms with Crippen molar-refractivity contribution in [1.29, 1.82) is 0 Å². The zero-order valence-corrected chi connectivity index (χ0v) is 9.72. The van der Waals surface area contributed by atoms with Crippen LogP contribution in [0.25, 0.3) is 0 Å². The van der Waals surface area contributed by atoms with Gasteiger partial charge in [0, 0.05) is 0 Å².